The van der Waals surface area contributed by atoms with Gasteiger partial charge in [-0.05, 0) is 12.8 Å². The van der Waals surface area contributed by atoms with Crippen molar-refractivity contribution in [3.8, 4) is 0 Å². The molecular weight excluding hydrogens is 266 g/mol. The van der Waals surface area contributed by atoms with Crippen molar-refractivity contribution in [1.82, 2.24) is 4.90 Å². The second kappa shape index (κ2) is 10.1. The molecule has 2 nitrogen and oxygen atoms in total. The van der Waals surface area contributed by atoms with Crippen molar-refractivity contribution in [3.63, 3.8) is 0 Å². The van der Waals surface area contributed by atoms with E-state index in [0.29, 0.717) is 10.7 Å². The van der Waals surface area contributed by atoms with E-state index in [9.17, 15) is 4.79 Å². The number of carbonyl (C=O) groups excluding carboxylic acids is 1. The molecule has 0 bridgehead atoms. The summed E-state index contributed by atoms with van der Waals surface area (Å²) in [5.41, 5.74) is 0. The molecule has 0 saturated carbocycles. The Kier molecular flexibility index (Phi) is 10.1. The summed E-state index contributed by atoms with van der Waals surface area (Å²) in [6.45, 7) is 5.18. The first-order valence-electron chi connectivity index (χ1n) is 6.46. The van der Waals surface area contributed by atoms with Gasteiger partial charge in [-0.2, -0.15) is 0 Å². The van der Waals surface area contributed by atoms with Crippen LogP contribution in [0.1, 0.15) is 58.8 Å². The Morgan fingerprint density at radius 2 is 1.88 bits per heavy atom. The average Bonchev–Trinajstić information content (AvgIpc) is 2.25. The highest BCUT2D eigenvalue weighted by Crippen LogP contribution is 2.08. The van der Waals surface area contributed by atoms with Crippen molar-refractivity contribution < 1.29 is 4.79 Å². The minimum absolute atomic E-state index is 0.296. The molecule has 0 spiro atoms. The molecule has 0 aliphatic carbocycles. The van der Waals surface area contributed by atoms with E-state index in [-0.39, 0.29) is 0 Å². The molecule has 0 heterocycles. The SMILES string of the molecule is CCCCCCCC(=O)N(C)CCC(C)Br. The van der Waals surface area contributed by atoms with Crippen LogP contribution in [0.3, 0.4) is 0 Å². The number of alkyl halides is 1. The van der Waals surface area contributed by atoms with E-state index < -0.39 is 0 Å². The Bertz CT molecular complexity index is 183. The fourth-order valence-corrected chi connectivity index (χ4v) is 1.77. The number of nitrogens with zero attached hydrogens (tertiary/aromatic N) is 1. The van der Waals surface area contributed by atoms with E-state index in [2.05, 4.69) is 29.8 Å². The van der Waals surface area contributed by atoms with Crippen LogP contribution in [0, 0.1) is 0 Å². The molecule has 96 valence electrons. The van der Waals surface area contributed by atoms with Gasteiger partial charge in [0.15, 0.2) is 0 Å². The zero-order chi connectivity index (χ0) is 12.4. The molecule has 1 unspecified atom stereocenters. The first-order valence-corrected chi connectivity index (χ1v) is 7.37. The minimum atomic E-state index is 0.296. The molecule has 0 aliphatic rings. The molecule has 0 aliphatic heterocycles. The monoisotopic (exact) mass is 291 g/mol. The van der Waals surface area contributed by atoms with Crippen molar-refractivity contribution in [3.05, 3.63) is 0 Å². The first kappa shape index (κ1) is 16.0. The van der Waals surface area contributed by atoms with E-state index in [1.54, 1.807) is 0 Å². The Balaban J connectivity index is 3.47. The van der Waals surface area contributed by atoms with Crippen molar-refractivity contribution >= 4 is 21.8 Å². The van der Waals surface area contributed by atoms with Crippen molar-refractivity contribution in [2.45, 2.75) is 63.6 Å². The molecule has 0 rings (SSSR count). The Labute approximate surface area is 109 Å². The lowest BCUT2D eigenvalue weighted by Gasteiger charge is -2.17. The summed E-state index contributed by atoms with van der Waals surface area (Å²) in [5, 5.41) is 0. The van der Waals surface area contributed by atoms with Crippen LogP contribution in [0.2, 0.25) is 0 Å². The third-order valence-corrected chi connectivity index (χ3v) is 3.24. The van der Waals surface area contributed by atoms with Crippen LogP contribution in [0.15, 0.2) is 0 Å². The van der Waals surface area contributed by atoms with Gasteiger partial charge in [-0.3, -0.25) is 4.79 Å². The lowest BCUT2D eigenvalue weighted by molar-refractivity contribution is -0.130. The third kappa shape index (κ3) is 9.20. The van der Waals surface area contributed by atoms with E-state index >= 15 is 0 Å². The van der Waals surface area contributed by atoms with E-state index in [0.717, 1.165) is 25.8 Å². The maximum Gasteiger partial charge on any atom is 0.222 e. The van der Waals surface area contributed by atoms with Gasteiger partial charge in [-0.15, -0.1) is 0 Å². The summed E-state index contributed by atoms with van der Waals surface area (Å²) in [4.78, 5) is 14.1. The summed E-state index contributed by atoms with van der Waals surface area (Å²) in [7, 11) is 1.91. The molecule has 0 N–H and O–H groups in total. The number of hydrogen-bond acceptors (Lipinski definition) is 1. The molecule has 0 radical (unpaired) electrons. The second-order valence-electron chi connectivity index (χ2n) is 4.55. The molecular formula is C13H26BrNO. The van der Waals surface area contributed by atoms with Gasteiger partial charge in [-0.1, -0.05) is 55.5 Å². The largest absolute Gasteiger partial charge is 0.346 e. The van der Waals surface area contributed by atoms with Crippen LogP contribution in [0.5, 0.6) is 0 Å². The summed E-state index contributed by atoms with van der Waals surface area (Å²) >= 11 is 3.50. The maximum atomic E-state index is 11.7. The highest BCUT2D eigenvalue weighted by atomic mass is 79.9. The number of amides is 1. The van der Waals surface area contributed by atoms with Crippen LogP contribution in [-0.2, 0) is 4.79 Å². The summed E-state index contributed by atoms with van der Waals surface area (Å²) in [6.07, 6.45) is 7.82. The zero-order valence-electron chi connectivity index (χ0n) is 11.0. The fraction of sp³-hybridized carbons (Fsp3) is 0.923. The van der Waals surface area contributed by atoms with Gasteiger partial charge in [0, 0.05) is 24.8 Å². The van der Waals surface area contributed by atoms with Crippen LogP contribution in [-0.4, -0.2) is 29.2 Å². The van der Waals surface area contributed by atoms with Crippen molar-refractivity contribution in [1.29, 1.82) is 0 Å². The molecule has 0 fully saturated rings. The quantitative estimate of drug-likeness (QED) is 0.465. The van der Waals surface area contributed by atoms with Gasteiger partial charge in [0.2, 0.25) is 5.91 Å². The number of carbonyl (C=O) groups is 1. The molecule has 16 heavy (non-hydrogen) atoms. The van der Waals surface area contributed by atoms with Gasteiger partial charge in [0.1, 0.15) is 0 Å². The summed E-state index contributed by atoms with van der Waals surface area (Å²) < 4.78 is 0. The minimum Gasteiger partial charge on any atom is -0.346 e. The zero-order valence-corrected chi connectivity index (χ0v) is 12.6. The third-order valence-electron chi connectivity index (χ3n) is 2.78. The normalized spacial score (nSPS) is 12.5. The predicted molar refractivity (Wildman–Crippen MR) is 74.0 cm³/mol. The second-order valence-corrected chi connectivity index (χ2v) is 6.11. The van der Waals surface area contributed by atoms with Crippen molar-refractivity contribution in [2.75, 3.05) is 13.6 Å². The van der Waals surface area contributed by atoms with Crippen LogP contribution >= 0.6 is 15.9 Å². The summed E-state index contributed by atoms with van der Waals surface area (Å²) in [6, 6.07) is 0. The number of rotatable bonds is 9. The molecule has 3 heteroatoms. The van der Waals surface area contributed by atoms with Crippen LogP contribution in [0.25, 0.3) is 0 Å². The average molecular weight is 292 g/mol. The standard InChI is InChI=1S/C13H26BrNO/c1-4-5-6-7-8-9-13(16)15(3)11-10-12(2)14/h12H,4-11H2,1-3H3. The van der Waals surface area contributed by atoms with Gasteiger partial charge in [0.25, 0.3) is 0 Å². The first-order chi connectivity index (χ1) is 7.57. The fourth-order valence-electron chi connectivity index (χ4n) is 1.57. The molecule has 0 aromatic heterocycles. The van der Waals surface area contributed by atoms with E-state index in [1.807, 2.05) is 11.9 Å². The number of unbranched alkanes of at least 4 members (excludes halogenated alkanes) is 4. The predicted octanol–water partition coefficient (Wildman–Crippen LogP) is 3.98. The maximum absolute atomic E-state index is 11.7. The molecule has 0 aromatic rings. The lowest BCUT2D eigenvalue weighted by atomic mass is 10.1. The number of halogens is 1. The Morgan fingerprint density at radius 1 is 1.25 bits per heavy atom. The van der Waals surface area contributed by atoms with E-state index in [1.165, 1.54) is 25.7 Å². The number of hydrogen-bond donors (Lipinski definition) is 0. The van der Waals surface area contributed by atoms with E-state index in [4.69, 9.17) is 0 Å². The van der Waals surface area contributed by atoms with Gasteiger partial charge in [-0.25, -0.2) is 0 Å². The Hall–Kier alpha value is -0.0500. The van der Waals surface area contributed by atoms with Crippen molar-refractivity contribution in [2.24, 2.45) is 0 Å². The van der Waals surface area contributed by atoms with Gasteiger partial charge >= 0.3 is 0 Å². The smallest absolute Gasteiger partial charge is 0.222 e. The molecule has 1 atom stereocenters. The lowest BCUT2D eigenvalue weighted by Crippen LogP contribution is -2.28. The molecule has 0 aromatic carbocycles. The van der Waals surface area contributed by atoms with Crippen LogP contribution < -0.4 is 0 Å². The summed E-state index contributed by atoms with van der Waals surface area (Å²) in [5.74, 6) is 0.296. The topological polar surface area (TPSA) is 20.3 Å². The molecule has 1 amide bonds. The van der Waals surface area contributed by atoms with Crippen LogP contribution in [0.4, 0.5) is 0 Å². The van der Waals surface area contributed by atoms with Gasteiger partial charge in [0.05, 0.1) is 0 Å². The Morgan fingerprint density at radius 3 is 2.44 bits per heavy atom. The molecule has 0 saturated heterocycles. The highest BCUT2D eigenvalue weighted by Gasteiger charge is 2.08. The highest BCUT2D eigenvalue weighted by molar-refractivity contribution is 9.09. The van der Waals surface area contributed by atoms with Gasteiger partial charge < -0.3 is 4.90 Å².